The van der Waals surface area contributed by atoms with E-state index >= 15 is 0 Å². The first-order valence-corrected chi connectivity index (χ1v) is 6.60. The Kier molecular flexibility index (Phi) is 3.73. The van der Waals surface area contributed by atoms with Crippen LogP contribution in [0.1, 0.15) is 15.9 Å². The molecule has 0 aliphatic carbocycles. The van der Waals surface area contributed by atoms with E-state index in [-0.39, 0.29) is 5.91 Å². The fourth-order valence-electron chi connectivity index (χ4n) is 1.96. The molecule has 5 nitrogen and oxygen atoms in total. The standard InChI is InChI=1S/C16H14N4O/c21-16(19-15-8-4-5-9-17-15)14-10-18-20(12-14)11-13-6-2-1-3-7-13/h1-10,12H,11H2,(H,17,19,21). The summed E-state index contributed by atoms with van der Waals surface area (Å²) in [6.45, 7) is 0.637. The molecule has 0 fully saturated rings. The Hall–Kier alpha value is -2.95. The van der Waals surface area contributed by atoms with Gasteiger partial charge < -0.3 is 5.32 Å². The van der Waals surface area contributed by atoms with Crippen molar-refractivity contribution >= 4 is 11.7 Å². The van der Waals surface area contributed by atoms with Crippen LogP contribution in [0.2, 0.25) is 0 Å². The molecule has 1 N–H and O–H groups in total. The monoisotopic (exact) mass is 278 g/mol. The first-order valence-electron chi connectivity index (χ1n) is 6.60. The van der Waals surface area contributed by atoms with Crippen LogP contribution < -0.4 is 5.32 Å². The Balaban J connectivity index is 1.68. The summed E-state index contributed by atoms with van der Waals surface area (Å²) in [5, 5.41) is 6.94. The number of pyridine rings is 1. The van der Waals surface area contributed by atoms with Crippen molar-refractivity contribution in [3.8, 4) is 0 Å². The summed E-state index contributed by atoms with van der Waals surface area (Å²) >= 11 is 0. The summed E-state index contributed by atoms with van der Waals surface area (Å²) < 4.78 is 1.74. The van der Waals surface area contributed by atoms with Crippen molar-refractivity contribution in [1.29, 1.82) is 0 Å². The van der Waals surface area contributed by atoms with Gasteiger partial charge >= 0.3 is 0 Å². The molecule has 0 radical (unpaired) electrons. The first kappa shape index (κ1) is 13.1. The number of benzene rings is 1. The van der Waals surface area contributed by atoms with Crippen molar-refractivity contribution in [3.63, 3.8) is 0 Å². The number of nitrogens with zero attached hydrogens (tertiary/aromatic N) is 3. The molecule has 0 saturated carbocycles. The molecule has 0 atom stereocenters. The summed E-state index contributed by atoms with van der Waals surface area (Å²) in [5.74, 6) is 0.311. The highest BCUT2D eigenvalue weighted by Crippen LogP contribution is 2.07. The molecule has 2 heterocycles. The number of nitrogens with one attached hydrogen (secondary N) is 1. The second-order valence-electron chi connectivity index (χ2n) is 4.58. The zero-order valence-electron chi connectivity index (χ0n) is 11.3. The van der Waals surface area contributed by atoms with E-state index in [2.05, 4.69) is 15.4 Å². The number of hydrogen-bond acceptors (Lipinski definition) is 3. The van der Waals surface area contributed by atoms with Gasteiger partial charge in [-0.15, -0.1) is 0 Å². The quantitative estimate of drug-likeness (QED) is 0.798. The molecule has 0 unspecified atom stereocenters. The Morgan fingerprint density at radius 2 is 1.90 bits per heavy atom. The van der Waals surface area contributed by atoms with Crippen LogP contribution in [-0.4, -0.2) is 20.7 Å². The van der Waals surface area contributed by atoms with Gasteiger partial charge in [0.15, 0.2) is 0 Å². The molecule has 0 bridgehead atoms. The predicted molar refractivity (Wildman–Crippen MR) is 80.0 cm³/mol. The molecule has 3 aromatic rings. The van der Waals surface area contributed by atoms with E-state index < -0.39 is 0 Å². The van der Waals surface area contributed by atoms with Crippen LogP contribution >= 0.6 is 0 Å². The summed E-state index contributed by atoms with van der Waals surface area (Å²) in [6, 6.07) is 15.3. The lowest BCUT2D eigenvalue weighted by atomic mass is 10.2. The highest BCUT2D eigenvalue weighted by molar-refractivity contribution is 6.03. The van der Waals surface area contributed by atoms with Gasteiger partial charge in [-0.2, -0.15) is 5.10 Å². The zero-order valence-corrected chi connectivity index (χ0v) is 11.3. The fraction of sp³-hybridized carbons (Fsp3) is 0.0625. The minimum absolute atomic E-state index is 0.215. The molecule has 0 spiro atoms. The van der Waals surface area contributed by atoms with E-state index in [4.69, 9.17) is 0 Å². The van der Waals surface area contributed by atoms with E-state index in [0.717, 1.165) is 5.56 Å². The van der Waals surface area contributed by atoms with Crippen molar-refractivity contribution in [2.75, 3.05) is 5.32 Å². The third-order valence-electron chi connectivity index (χ3n) is 2.99. The summed E-state index contributed by atoms with van der Waals surface area (Å²) in [6.07, 6.45) is 4.92. The highest BCUT2D eigenvalue weighted by atomic mass is 16.1. The van der Waals surface area contributed by atoms with Gasteiger partial charge in [0.05, 0.1) is 18.3 Å². The van der Waals surface area contributed by atoms with Crippen molar-refractivity contribution in [3.05, 3.63) is 78.2 Å². The van der Waals surface area contributed by atoms with Crippen LogP contribution in [0.25, 0.3) is 0 Å². The smallest absolute Gasteiger partial charge is 0.260 e. The number of carbonyl (C=O) groups is 1. The van der Waals surface area contributed by atoms with E-state index in [1.807, 2.05) is 36.4 Å². The first-order chi connectivity index (χ1) is 10.3. The van der Waals surface area contributed by atoms with Gasteiger partial charge in [0.1, 0.15) is 5.82 Å². The van der Waals surface area contributed by atoms with Gasteiger partial charge in [0.25, 0.3) is 5.91 Å². The van der Waals surface area contributed by atoms with E-state index in [0.29, 0.717) is 17.9 Å². The Morgan fingerprint density at radius 3 is 2.67 bits per heavy atom. The largest absolute Gasteiger partial charge is 0.306 e. The number of anilines is 1. The molecule has 0 aliphatic heterocycles. The Bertz CT molecular complexity index is 722. The van der Waals surface area contributed by atoms with E-state index in [1.54, 1.807) is 35.4 Å². The van der Waals surface area contributed by atoms with Crippen molar-refractivity contribution in [2.45, 2.75) is 6.54 Å². The minimum atomic E-state index is -0.215. The molecule has 1 aromatic carbocycles. The fourth-order valence-corrected chi connectivity index (χ4v) is 1.96. The molecular formula is C16H14N4O. The van der Waals surface area contributed by atoms with Crippen molar-refractivity contribution in [1.82, 2.24) is 14.8 Å². The number of rotatable bonds is 4. The van der Waals surface area contributed by atoms with E-state index in [1.165, 1.54) is 0 Å². The van der Waals surface area contributed by atoms with Crippen LogP contribution in [0.5, 0.6) is 0 Å². The highest BCUT2D eigenvalue weighted by Gasteiger charge is 2.09. The van der Waals surface area contributed by atoms with E-state index in [9.17, 15) is 4.79 Å². The minimum Gasteiger partial charge on any atom is -0.306 e. The number of aromatic nitrogens is 3. The van der Waals surface area contributed by atoms with Crippen molar-refractivity contribution < 1.29 is 4.79 Å². The lowest BCUT2D eigenvalue weighted by molar-refractivity contribution is 0.102. The van der Waals surface area contributed by atoms with Crippen molar-refractivity contribution in [2.24, 2.45) is 0 Å². The van der Waals surface area contributed by atoms with Gasteiger partial charge in [-0.25, -0.2) is 4.98 Å². The maximum atomic E-state index is 12.1. The number of carbonyl (C=O) groups excluding carboxylic acids is 1. The number of amides is 1. The average molecular weight is 278 g/mol. The Morgan fingerprint density at radius 1 is 1.10 bits per heavy atom. The van der Waals surface area contributed by atoms with Crippen LogP contribution in [0.3, 0.4) is 0 Å². The lowest BCUT2D eigenvalue weighted by Gasteiger charge is -2.02. The molecule has 3 rings (SSSR count). The molecule has 2 aromatic heterocycles. The van der Waals surface area contributed by atoms with Gasteiger partial charge in [-0.05, 0) is 17.7 Å². The van der Waals surface area contributed by atoms with Crippen LogP contribution in [-0.2, 0) is 6.54 Å². The summed E-state index contributed by atoms with van der Waals surface area (Å²) in [4.78, 5) is 16.1. The van der Waals surface area contributed by atoms with Crippen LogP contribution in [0.4, 0.5) is 5.82 Å². The van der Waals surface area contributed by atoms with Crippen LogP contribution in [0.15, 0.2) is 67.1 Å². The maximum Gasteiger partial charge on any atom is 0.260 e. The topological polar surface area (TPSA) is 59.8 Å². The second-order valence-corrected chi connectivity index (χ2v) is 4.58. The SMILES string of the molecule is O=C(Nc1ccccn1)c1cnn(Cc2ccccc2)c1. The normalized spacial score (nSPS) is 10.3. The van der Waals surface area contributed by atoms with Gasteiger partial charge in [0, 0.05) is 12.4 Å². The molecule has 104 valence electrons. The molecule has 1 amide bonds. The Labute approximate surface area is 122 Å². The molecule has 21 heavy (non-hydrogen) atoms. The zero-order chi connectivity index (χ0) is 14.5. The number of hydrogen-bond donors (Lipinski definition) is 1. The third kappa shape index (κ3) is 3.33. The average Bonchev–Trinajstić information content (AvgIpc) is 2.98. The predicted octanol–water partition coefficient (Wildman–Crippen LogP) is 2.58. The summed E-state index contributed by atoms with van der Waals surface area (Å²) in [5.41, 5.74) is 1.65. The summed E-state index contributed by atoms with van der Waals surface area (Å²) in [7, 11) is 0. The van der Waals surface area contributed by atoms with Gasteiger partial charge in [-0.3, -0.25) is 9.48 Å². The van der Waals surface area contributed by atoms with Gasteiger partial charge in [-0.1, -0.05) is 36.4 Å². The second kappa shape index (κ2) is 6.00. The van der Waals surface area contributed by atoms with Crippen LogP contribution in [0, 0.1) is 0 Å². The van der Waals surface area contributed by atoms with Gasteiger partial charge in [0.2, 0.25) is 0 Å². The lowest BCUT2D eigenvalue weighted by Crippen LogP contribution is -2.12. The molecule has 0 saturated heterocycles. The third-order valence-corrected chi connectivity index (χ3v) is 2.99. The maximum absolute atomic E-state index is 12.1. The molecule has 0 aliphatic rings. The molecular weight excluding hydrogens is 264 g/mol. The molecule has 5 heteroatoms.